The molecule has 2 amide bonds. The summed E-state index contributed by atoms with van der Waals surface area (Å²) in [5.41, 5.74) is 2.44. The number of hydrogen-bond acceptors (Lipinski definition) is 4. The van der Waals surface area contributed by atoms with Crippen LogP contribution in [0.5, 0.6) is 0 Å². The molecular weight excluding hydrogens is 318 g/mol. The first-order chi connectivity index (χ1) is 12.0. The number of hydrogen-bond donors (Lipinski definition) is 0. The standard InChI is InChI=1S/C20H19NO4/c1-14-7-9-16(10-8-14)20(24)25-17-13-18(22)21(19(17)23)12-11-15-5-3-2-4-6-15/h2-10,17H,11-13H2,1H3/t17-/m1/s1. The van der Waals surface area contributed by atoms with Crippen molar-refractivity contribution >= 4 is 17.8 Å². The monoisotopic (exact) mass is 337 g/mol. The SMILES string of the molecule is Cc1ccc(C(=O)O[C@@H]2CC(=O)N(CCc3ccccc3)C2=O)cc1. The summed E-state index contributed by atoms with van der Waals surface area (Å²) < 4.78 is 5.25. The Morgan fingerprint density at radius 3 is 2.44 bits per heavy atom. The highest BCUT2D eigenvalue weighted by atomic mass is 16.5. The van der Waals surface area contributed by atoms with Crippen molar-refractivity contribution in [2.45, 2.75) is 25.9 Å². The minimum Gasteiger partial charge on any atom is -0.448 e. The van der Waals surface area contributed by atoms with Gasteiger partial charge in [0, 0.05) is 6.54 Å². The van der Waals surface area contributed by atoms with Crippen molar-refractivity contribution in [2.24, 2.45) is 0 Å². The molecule has 3 rings (SSSR count). The van der Waals surface area contributed by atoms with Gasteiger partial charge in [-0.15, -0.1) is 0 Å². The summed E-state index contributed by atoms with van der Waals surface area (Å²) in [6.07, 6.45) is -0.542. The van der Waals surface area contributed by atoms with Crippen molar-refractivity contribution in [1.82, 2.24) is 4.90 Å². The van der Waals surface area contributed by atoms with E-state index in [0.29, 0.717) is 18.5 Å². The molecular formula is C20H19NO4. The molecule has 25 heavy (non-hydrogen) atoms. The molecule has 2 aromatic rings. The Morgan fingerprint density at radius 1 is 1.08 bits per heavy atom. The summed E-state index contributed by atoms with van der Waals surface area (Å²) in [5, 5.41) is 0. The minimum atomic E-state index is -1.03. The molecule has 1 aliphatic rings. The molecule has 128 valence electrons. The second-order valence-corrected chi connectivity index (χ2v) is 6.08. The van der Waals surface area contributed by atoms with Gasteiger partial charge in [-0.2, -0.15) is 0 Å². The van der Waals surface area contributed by atoms with Gasteiger partial charge >= 0.3 is 5.97 Å². The number of ether oxygens (including phenoxy) is 1. The quantitative estimate of drug-likeness (QED) is 0.621. The number of rotatable bonds is 5. The van der Waals surface area contributed by atoms with E-state index in [9.17, 15) is 14.4 Å². The lowest BCUT2D eigenvalue weighted by molar-refractivity contribution is -0.140. The smallest absolute Gasteiger partial charge is 0.338 e. The fourth-order valence-corrected chi connectivity index (χ4v) is 2.75. The van der Waals surface area contributed by atoms with Gasteiger partial charge in [-0.1, -0.05) is 48.0 Å². The van der Waals surface area contributed by atoms with E-state index in [1.54, 1.807) is 24.3 Å². The van der Waals surface area contributed by atoms with Gasteiger partial charge in [-0.25, -0.2) is 4.79 Å². The topological polar surface area (TPSA) is 63.7 Å². The maximum Gasteiger partial charge on any atom is 0.338 e. The van der Waals surface area contributed by atoms with Gasteiger partial charge in [0.2, 0.25) is 5.91 Å². The normalized spacial score (nSPS) is 17.0. The molecule has 0 aliphatic carbocycles. The van der Waals surface area contributed by atoms with Crippen LogP contribution in [-0.4, -0.2) is 35.3 Å². The molecule has 0 aromatic heterocycles. The van der Waals surface area contributed by atoms with Gasteiger partial charge in [-0.05, 0) is 31.0 Å². The zero-order valence-electron chi connectivity index (χ0n) is 14.0. The molecule has 1 heterocycles. The van der Waals surface area contributed by atoms with Crippen molar-refractivity contribution in [3.05, 3.63) is 71.3 Å². The number of nitrogens with zero attached hydrogens (tertiary/aromatic N) is 1. The molecule has 1 aliphatic heterocycles. The van der Waals surface area contributed by atoms with Gasteiger partial charge in [0.1, 0.15) is 0 Å². The zero-order valence-corrected chi connectivity index (χ0v) is 14.0. The third-order valence-electron chi connectivity index (χ3n) is 4.21. The van der Waals surface area contributed by atoms with Gasteiger partial charge in [0.25, 0.3) is 5.91 Å². The predicted octanol–water partition coefficient (Wildman–Crippen LogP) is 2.52. The van der Waals surface area contributed by atoms with Crippen LogP contribution in [0.2, 0.25) is 0 Å². The second-order valence-electron chi connectivity index (χ2n) is 6.08. The lowest BCUT2D eigenvalue weighted by Crippen LogP contribution is -2.35. The lowest BCUT2D eigenvalue weighted by atomic mass is 10.1. The third kappa shape index (κ3) is 3.94. The van der Waals surface area contributed by atoms with Crippen molar-refractivity contribution in [2.75, 3.05) is 6.54 Å². The van der Waals surface area contributed by atoms with Crippen LogP contribution < -0.4 is 0 Å². The Bertz CT molecular complexity index is 783. The highest BCUT2D eigenvalue weighted by Crippen LogP contribution is 2.19. The summed E-state index contributed by atoms with van der Waals surface area (Å²) in [6, 6.07) is 16.5. The van der Waals surface area contributed by atoms with Crippen LogP contribution in [0.15, 0.2) is 54.6 Å². The highest BCUT2D eigenvalue weighted by Gasteiger charge is 2.40. The summed E-state index contributed by atoms with van der Waals surface area (Å²) in [7, 11) is 0. The Morgan fingerprint density at radius 2 is 1.76 bits per heavy atom. The number of carbonyl (C=O) groups is 3. The fraction of sp³-hybridized carbons (Fsp3) is 0.250. The average molecular weight is 337 g/mol. The molecule has 0 N–H and O–H groups in total. The van der Waals surface area contributed by atoms with Crippen LogP contribution in [0.3, 0.4) is 0 Å². The summed E-state index contributed by atoms with van der Waals surface area (Å²) >= 11 is 0. The van der Waals surface area contributed by atoms with Gasteiger partial charge in [0.05, 0.1) is 12.0 Å². The number of aryl methyl sites for hydroxylation is 1. The number of likely N-dealkylation sites (tertiary alicyclic amines) is 1. The number of carbonyl (C=O) groups excluding carboxylic acids is 3. The largest absolute Gasteiger partial charge is 0.448 e. The molecule has 0 spiro atoms. The predicted molar refractivity (Wildman–Crippen MR) is 91.9 cm³/mol. The summed E-state index contributed by atoms with van der Waals surface area (Å²) in [6.45, 7) is 2.21. The van der Waals surface area contributed by atoms with Crippen molar-refractivity contribution in [3.63, 3.8) is 0 Å². The second kappa shape index (κ2) is 7.30. The molecule has 0 bridgehead atoms. The Hall–Kier alpha value is -2.95. The Labute approximate surface area is 146 Å². The Balaban J connectivity index is 1.60. The number of benzene rings is 2. The van der Waals surface area contributed by atoms with E-state index < -0.39 is 18.0 Å². The number of amides is 2. The molecule has 1 saturated heterocycles. The molecule has 1 atom stereocenters. The minimum absolute atomic E-state index is 0.0920. The van der Waals surface area contributed by atoms with Crippen LogP contribution in [0.25, 0.3) is 0 Å². The molecule has 5 heteroatoms. The first kappa shape index (κ1) is 16.9. The van der Waals surface area contributed by atoms with Crippen LogP contribution in [-0.2, 0) is 20.7 Å². The van der Waals surface area contributed by atoms with E-state index in [2.05, 4.69) is 0 Å². The first-order valence-corrected chi connectivity index (χ1v) is 8.20. The zero-order chi connectivity index (χ0) is 17.8. The lowest BCUT2D eigenvalue weighted by Gasteiger charge is -2.15. The van der Waals surface area contributed by atoms with Gasteiger partial charge in [-0.3, -0.25) is 14.5 Å². The maximum absolute atomic E-state index is 12.4. The highest BCUT2D eigenvalue weighted by molar-refractivity contribution is 6.06. The maximum atomic E-state index is 12.4. The molecule has 0 radical (unpaired) electrons. The van der Waals surface area contributed by atoms with Crippen molar-refractivity contribution < 1.29 is 19.1 Å². The van der Waals surface area contributed by atoms with E-state index in [-0.39, 0.29) is 12.3 Å². The van der Waals surface area contributed by atoms with E-state index in [0.717, 1.165) is 11.1 Å². The van der Waals surface area contributed by atoms with E-state index in [1.165, 1.54) is 4.90 Å². The van der Waals surface area contributed by atoms with Crippen LogP contribution in [0.1, 0.15) is 27.9 Å². The third-order valence-corrected chi connectivity index (χ3v) is 4.21. The fourth-order valence-electron chi connectivity index (χ4n) is 2.75. The van der Waals surface area contributed by atoms with Gasteiger partial charge in [0.15, 0.2) is 6.10 Å². The molecule has 2 aromatic carbocycles. The van der Waals surface area contributed by atoms with Crippen LogP contribution >= 0.6 is 0 Å². The summed E-state index contributed by atoms with van der Waals surface area (Å²) in [5.74, 6) is -1.33. The molecule has 1 fully saturated rings. The van der Waals surface area contributed by atoms with Gasteiger partial charge < -0.3 is 4.74 Å². The molecule has 0 saturated carbocycles. The Kier molecular flexibility index (Phi) is 4.93. The first-order valence-electron chi connectivity index (χ1n) is 8.20. The van der Waals surface area contributed by atoms with E-state index in [4.69, 9.17) is 4.74 Å². The van der Waals surface area contributed by atoms with E-state index in [1.807, 2.05) is 37.3 Å². The van der Waals surface area contributed by atoms with Crippen LogP contribution in [0.4, 0.5) is 0 Å². The molecule has 0 unspecified atom stereocenters. The van der Waals surface area contributed by atoms with Crippen LogP contribution in [0, 0.1) is 6.92 Å². The number of imide groups is 1. The van der Waals surface area contributed by atoms with Crippen molar-refractivity contribution in [1.29, 1.82) is 0 Å². The van der Waals surface area contributed by atoms with E-state index >= 15 is 0 Å². The number of esters is 1. The van der Waals surface area contributed by atoms with Crippen molar-refractivity contribution in [3.8, 4) is 0 Å². The summed E-state index contributed by atoms with van der Waals surface area (Å²) in [4.78, 5) is 37.8. The molecule has 5 nitrogen and oxygen atoms in total. The average Bonchev–Trinajstić information content (AvgIpc) is 2.88.